The molecule has 2 nitrogen and oxygen atoms in total. The van der Waals surface area contributed by atoms with Crippen LogP contribution in [0.4, 0.5) is 24.5 Å². The number of benzene rings is 1. The third kappa shape index (κ3) is 3.05. The number of nitrogens with one attached hydrogen (secondary N) is 2. The van der Waals surface area contributed by atoms with Gasteiger partial charge in [-0.1, -0.05) is 19.4 Å². The van der Waals surface area contributed by atoms with Crippen LogP contribution in [0.3, 0.4) is 0 Å². The fraction of sp³-hybridized carbons (Fsp3) is 0.500. The van der Waals surface area contributed by atoms with Crippen LogP contribution in [0.15, 0.2) is 18.2 Å². The Hall–Kier alpha value is -1.39. The summed E-state index contributed by atoms with van der Waals surface area (Å²) in [6.45, 7) is 2.07. The molecule has 1 aliphatic heterocycles. The van der Waals surface area contributed by atoms with E-state index in [4.69, 9.17) is 0 Å². The molecule has 1 unspecified atom stereocenters. The molecule has 94 valence electrons. The number of hydrogen-bond donors (Lipinski definition) is 2. The molecule has 1 aliphatic rings. The Labute approximate surface area is 98.2 Å². The number of alkyl halides is 3. The Morgan fingerprint density at radius 2 is 1.88 bits per heavy atom. The van der Waals surface area contributed by atoms with Crippen LogP contribution >= 0.6 is 0 Å². The number of rotatable bonds is 3. The lowest BCUT2D eigenvalue weighted by molar-refractivity contribution is -0.127. The van der Waals surface area contributed by atoms with Crippen molar-refractivity contribution in [3.05, 3.63) is 23.8 Å². The summed E-state index contributed by atoms with van der Waals surface area (Å²) in [7, 11) is 0. The van der Waals surface area contributed by atoms with Gasteiger partial charge in [-0.15, -0.1) is 0 Å². The molecule has 0 aromatic heterocycles. The van der Waals surface area contributed by atoms with E-state index in [0.29, 0.717) is 5.56 Å². The summed E-state index contributed by atoms with van der Waals surface area (Å²) >= 11 is 0. The van der Waals surface area contributed by atoms with Crippen molar-refractivity contribution in [2.45, 2.75) is 38.5 Å². The molecular weight excluding hydrogens is 229 g/mol. The molecule has 0 saturated carbocycles. The summed E-state index contributed by atoms with van der Waals surface area (Å²) in [5.41, 5.74) is 1.95. The quantitative estimate of drug-likeness (QED) is 0.846. The standard InChI is InChI=1S/C12H15F3N2/c1-2-3-11-16-9-5-4-8(6-10(9)17-11)7-12(13,14)15/h4-6,11,16-17H,2-3,7H2,1H3. The number of fused-ring (bicyclic) bond motifs is 1. The van der Waals surface area contributed by atoms with Crippen molar-refractivity contribution in [3.8, 4) is 0 Å². The highest BCUT2D eigenvalue weighted by Crippen LogP contribution is 2.32. The maximum absolute atomic E-state index is 12.3. The zero-order chi connectivity index (χ0) is 12.5. The summed E-state index contributed by atoms with van der Waals surface area (Å²) < 4.78 is 36.8. The summed E-state index contributed by atoms with van der Waals surface area (Å²) in [6.07, 6.45) is -2.92. The molecular formula is C12H15F3N2. The first-order valence-electron chi connectivity index (χ1n) is 5.70. The average molecular weight is 244 g/mol. The molecule has 0 aliphatic carbocycles. The first-order valence-corrected chi connectivity index (χ1v) is 5.70. The summed E-state index contributed by atoms with van der Waals surface area (Å²) in [6, 6.07) is 4.81. The highest BCUT2D eigenvalue weighted by atomic mass is 19.4. The highest BCUT2D eigenvalue weighted by molar-refractivity contribution is 5.75. The number of anilines is 2. The molecule has 0 saturated heterocycles. The minimum atomic E-state index is -4.15. The Morgan fingerprint density at radius 3 is 2.53 bits per heavy atom. The van der Waals surface area contributed by atoms with Crippen LogP contribution in [0.5, 0.6) is 0 Å². The molecule has 2 rings (SSSR count). The van der Waals surface area contributed by atoms with Crippen molar-refractivity contribution < 1.29 is 13.2 Å². The molecule has 2 N–H and O–H groups in total. The summed E-state index contributed by atoms with van der Waals surface area (Å²) in [4.78, 5) is 0. The van der Waals surface area contributed by atoms with E-state index in [1.54, 1.807) is 12.1 Å². The smallest absolute Gasteiger partial charge is 0.364 e. The van der Waals surface area contributed by atoms with Crippen molar-refractivity contribution >= 4 is 11.4 Å². The molecule has 17 heavy (non-hydrogen) atoms. The Bertz CT molecular complexity index is 401. The second kappa shape index (κ2) is 4.47. The van der Waals surface area contributed by atoms with Gasteiger partial charge >= 0.3 is 6.18 Å². The lowest BCUT2D eigenvalue weighted by Gasteiger charge is -2.09. The van der Waals surface area contributed by atoms with E-state index in [-0.39, 0.29) is 6.17 Å². The molecule has 1 aromatic rings. The van der Waals surface area contributed by atoms with Gasteiger partial charge in [-0.05, 0) is 24.1 Å². The van der Waals surface area contributed by atoms with E-state index in [9.17, 15) is 13.2 Å². The normalized spacial score (nSPS) is 18.5. The van der Waals surface area contributed by atoms with Crippen LogP contribution in [-0.2, 0) is 6.42 Å². The molecule has 0 fully saturated rings. The van der Waals surface area contributed by atoms with Crippen molar-refractivity contribution in [1.29, 1.82) is 0 Å². The zero-order valence-electron chi connectivity index (χ0n) is 9.56. The van der Waals surface area contributed by atoms with Gasteiger partial charge in [-0.3, -0.25) is 0 Å². The van der Waals surface area contributed by atoms with Gasteiger partial charge in [0, 0.05) is 0 Å². The van der Waals surface area contributed by atoms with Crippen molar-refractivity contribution in [2.75, 3.05) is 10.6 Å². The van der Waals surface area contributed by atoms with Gasteiger partial charge in [-0.25, -0.2) is 0 Å². The maximum Gasteiger partial charge on any atom is 0.393 e. The molecule has 1 aromatic carbocycles. The highest BCUT2D eigenvalue weighted by Gasteiger charge is 2.28. The Morgan fingerprint density at radius 1 is 1.18 bits per heavy atom. The van der Waals surface area contributed by atoms with Crippen molar-refractivity contribution in [1.82, 2.24) is 0 Å². The second-order valence-electron chi connectivity index (χ2n) is 4.30. The molecule has 0 radical (unpaired) electrons. The third-order valence-electron chi connectivity index (χ3n) is 2.73. The van der Waals surface area contributed by atoms with Crippen LogP contribution in [0.25, 0.3) is 0 Å². The molecule has 1 heterocycles. The van der Waals surface area contributed by atoms with E-state index in [0.717, 1.165) is 24.2 Å². The van der Waals surface area contributed by atoms with Gasteiger partial charge in [0.15, 0.2) is 0 Å². The van der Waals surface area contributed by atoms with E-state index < -0.39 is 12.6 Å². The van der Waals surface area contributed by atoms with Gasteiger partial charge in [0.1, 0.15) is 0 Å². The van der Waals surface area contributed by atoms with Gasteiger partial charge in [0.25, 0.3) is 0 Å². The minimum Gasteiger partial charge on any atom is -0.364 e. The Kier molecular flexibility index (Phi) is 3.17. The van der Waals surface area contributed by atoms with Crippen molar-refractivity contribution in [2.24, 2.45) is 0 Å². The summed E-state index contributed by atoms with van der Waals surface area (Å²) in [5, 5.41) is 6.42. The lowest BCUT2D eigenvalue weighted by Crippen LogP contribution is -2.21. The van der Waals surface area contributed by atoms with E-state index in [1.807, 2.05) is 0 Å². The fourth-order valence-corrected chi connectivity index (χ4v) is 2.02. The van der Waals surface area contributed by atoms with Crippen LogP contribution in [0.2, 0.25) is 0 Å². The fourth-order valence-electron chi connectivity index (χ4n) is 2.02. The van der Waals surface area contributed by atoms with Crippen LogP contribution in [0, 0.1) is 0 Å². The van der Waals surface area contributed by atoms with E-state index >= 15 is 0 Å². The van der Waals surface area contributed by atoms with Crippen LogP contribution < -0.4 is 10.6 Å². The summed E-state index contributed by atoms with van der Waals surface area (Å²) in [5.74, 6) is 0. The predicted molar refractivity (Wildman–Crippen MR) is 62.1 cm³/mol. The molecule has 0 amide bonds. The monoisotopic (exact) mass is 244 g/mol. The first kappa shape index (κ1) is 12.1. The van der Waals surface area contributed by atoms with Crippen molar-refractivity contribution in [3.63, 3.8) is 0 Å². The first-order chi connectivity index (χ1) is 7.98. The minimum absolute atomic E-state index is 0.135. The topological polar surface area (TPSA) is 24.1 Å². The van der Waals surface area contributed by atoms with E-state index in [2.05, 4.69) is 17.6 Å². The number of hydrogen-bond acceptors (Lipinski definition) is 2. The molecule has 1 atom stereocenters. The van der Waals surface area contributed by atoms with Gasteiger partial charge < -0.3 is 10.6 Å². The number of halogens is 3. The third-order valence-corrected chi connectivity index (χ3v) is 2.73. The van der Waals surface area contributed by atoms with Gasteiger partial charge in [0.2, 0.25) is 0 Å². The molecule has 0 spiro atoms. The average Bonchev–Trinajstić information content (AvgIpc) is 2.57. The van der Waals surface area contributed by atoms with Gasteiger partial charge in [0.05, 0.1) is 24.0 Å². The predicted octanol–water partition coefficient (Wildman–Crippen LogP) is 3.76. The second-order valence-corrected chi connectivity index (χ2v) is 4.30. The van der Waals surface area contributed by atoms with Crippen LogP contribution in [0.1, 0.15) is 25.3 Å². The SMILES string of the molecule is CCCC1Nc2ccc(CC(F)(F)F)cc2N1. The largest absolute Gasteiger partial charge is 0.393 e. The Balaban J connectivity index is 2.10. The van der Waals surface area contributed by atoms with E-state index in [1.165, 1.54) is 6.07 Å². The zero-order valence-corrected chi connectivity index (χ0v) is 9.56. The molecule has 5 heteroatoms. The van der Waals surface area contributed by atoms with Gasteiger partial charge in [-0.2, -0.15) is 13.2 Å². The maximum atomic E-state index is 12.3. The van der Waals surface area contributed by atoms with Crippen LogP contribution in [-0.4, -0.2) is 12.3 Å². The lowest BCUT2D eigenvalue weighted by atomic mass is 10.1. The molecule has 0 bridgehead atoms.